The maximum Gasteiger partial charge on any atom is 0.407 e. The van der Waals surface area contributed by atoms with Crippen LogP contribution >= 0.6 is 0 Å². The first kappa shape index (κ1) is 19.9. The topological polar surface area (TPSA) is 58.6 Å². The summed E-state index contributed by atoms with van der Waals surface area (Å²) >= 11 is 0. The summed E-state index contributed by atoms with van der Waals surface area (Å²) in [5.41, 5.74) is 5.90. The zero-order chi connectivity index (χ0) is 20.9. The van der Waals surface area contributed by atoms with Crippen molar-refractivity contribution < 1.29 is 19.0 Å². The maximum atomic E-state index is 13.2. The van der Waals surface area contributed by atoms with E-state index in [9.17, 15) is 14.3 Å². The minimum Gasteiger partial charge on any atom is -0.449 e. The molecule has 0 fully saturated rings. The van der Waals surface area contributed by atoms with E-state index in [0.717, 1.165) is 0 Å². The van der Waals surface area contributed by atoms with Crippen LogP contribution in [0.5, 0.6) is 0 Å². The van der Waals surface area contributed by atoms with E-state index in [1.54, 1.807) is 18.2 Å². The number of fused-ring (bicyclic) bond motifs is 3. The first-order valence-electron chi connectivity index (χ1n) is 9.82. The molecule has 1 aliphatic rings. The van der Waals surface area contributed by atoms with Gasteiger partial charge in [0.25, 0.3) is 0 Å². The molecule has 2 N–H and O–H groups in total. The number of aliphatic hydroxyl groups excluding tert-OH is 1. The van der Waals surface area contributed by atoms with Crippen LogP contribution in [0, 0.1) is 5.82 Å². The van der Waals surface area contributed by atoms with E-state index < -0.39 is 11.9 Å². The molecule has 0 unspecified atom stereocenters. The largest absolute Gasteiger partial charge is 0.449 e. The van der Waals surface area contributed by atoms with Gasteiger partial charge in [-0.1, -0.05) is 66.7 Å². The van der Waals surface area contributed by atoms with Crippen LogP contribution in [-0.4, -0.2) is 24.4 Å². The molecule has 3 aromatic carbocycles. The Morgan fingerprint density at radius 2 is 1.70 bits per heavy atom. The standard InChI is InChI=1S/C25H22FNO3/c26-19-12-11-17(18(14-19)15-28)6-5-13-27-25(29)30-16-24-22-9-3-1-7-20(22)21-8-2-4-10-23(21)24/h1-12,14,24,28H,13,15-16H2,(H,27,29). The summed E-state index contributed by atoms with van der Waals surface area (Å²) in [7, 11) is 0. The normalized spacial score (nSPS) is 12.6. The van der Waals surface area contributed by atoms with Gasteiger partial charge in [0, 0.05) is 12.5 Å². The highest BCUT2D eigenvalue weighted by Crippen LogP contribution is 2.44. The molecule has 152 valence electrons. The van der Waals surface area contributed by atoms with Crippen molar-refractivity contribution in [2.45, 2.75) is 12.5 Å². The molecule has 0 saturated heterocycles. The summed E-state index contributed by atoms with van der Waals surface area (Å²) in [5.74, 6) is -0.377. The third kappa shape index (κ3) is 4.11. The van der Waals surface area contributed by atoms with Crippen molar-refractivity contribution in [3.05, 3.63) is 101 Å². The molecule has 0 atom stereocenters. The summed E-state index contributed by atoms with van der Waals surface area (Å²) in [5, 5.41) is 12.0. The molecule has 4 rings (SSSR count). The zero-order valence-corrected chi connectivity index (χ0v) is 16.3. The molecule has 0 aromatic heterocycles. The highest BCUT2D eigenvalue weighted by Gasteiger charge is 2.28. The summed E-state index contributed by atoms with van der Waals surface area (Å²) in [6.45, 7) is 0.270. The first-order valence-corrected chi connectivity index (χ1v) is 9.82. The van der Waals surface area contributed by atoms with Crippen molar-refractivity contribution >= 4 is 12.2 Å². The molecular formula is C25H22FNO3. The quantitative estimate of drug-likeness (QED) is 0.617. The molecule has 0 saturated carbocycles. The van der Waals surface area contributed by atoms with Crippen molar-refractivity contribution in [3.63, 3.8) is 0 Å². The average Bonchev–Trinajstić information content (AvgIpc) is 3.10. The van der Waals surface area contributed by atoms with Crippen LogP contribution in [0.1, 0.15) is 28.2 Å². The summed E-state index contributed by atoms with van der Waals surface area (Å²) in [6.07, 6.45) is 2.96. The van der Waals surface area contributed by atoms with Crippen molar-refractivity contribution in [1.82, 2.24) is 5.32 Å². The number of carbonyl (C=O) groups excluding carboxylic acids is 1. The van der Waals surface area contributed by atoms with Crippen LogP contribution in [0.25, 0.3) is 17.2 Å². The highest BCUT2D eigenvalue weighted by molar-refractivity contribution is 5.79. The Morgan fingerprint density at radius 3 is 2.37 bits per heavy atom. The fraction of sp³-hybridized carbons (Fsp3) is 0.160. The van der Waals surface area contributed by atoms with Gasteiger partial charge >= 0.3 is 6.09 Å². The lowest BCUT2D eigenvalue weighted by molar-refractivity contribution is 0.144. The summed E-state index contributed by atoms with van der Waals surface area (Å²) in [4.78, 5) is 12.1. The Balaban J connectivity index is 1.34. The maximum absolute atomic E-state index is 13.2. The number of hydrogen-bond acceptors (Lipinski definition) is 3. The summed E-state index contributed by atoms with van der Waals surface area (Å²) in [6, 6.07) is 20.6. The molecule has 0 radical (unpaired) electrons. The third-order valence-electron chi connectivity index (χ3n) is 5.28. The molecule has 3 aromatic rings. The van der Waals surface area contributed by atoms with Gasteiger partial charge in [-0.25, -0.2) is 9.18 Å². The molecule has 4 nitrogen and oxygen atoms in total. The Labute approximate surface area is 174 Å². The number of carbonyl (C=O) groups is 1. The summed E-state index contributed by atoms with van der Waals surface area (Å²) < 4.78 is 18.7. The molecule has 30 heavy (non-hydrogen) atoms. The first-order chi connectivity index (χ1) is 14.7. The number of rotatable bonds is 6. The van der Waals surface area contributed by atoms with Crippen LogP contribution < -0.4 is 5.32 Å². The second kappa shape index (κ2) is 8.93. The molecule has 1 aliphatic carbocycles. The predicted octanol–water partition coefficient (Wildman–Crippen LogP) is 4.87. The Hall–Kier alpha value is -3.44. The number of ether oxygens (including phenoxy) is 1. The smallest absolute Gasteiger partial charge is 0.407 e. The lowest BCUT2D eigenvalue weighted by Crippen LogP contribution is -2.26. The second-order valence-corrected chi connectivity index (χ2v) is 7.11. The number of nitrogens with one attached hydrogen (secondary N) is 1. The Bertz CT molecular complexity index is 1050. The second-order valence-electron chi connectivity index (χ2n) is 7.11. The van der Waals surface area contributed by atoms with Crippen molar-refractivity contribution in [2.75, 3.05) is 13.2 Å². The fourth-order valence-corrected chi connectivity index (χ4v) is 3.85. The molecule has 0 heterocycles. The van der Waals surface area contributed by atoms with E-state index in [2.05, 4.69) is 29.6 Å². The molecule has 5 heteroatoms. The average molecular weight is 403 g/mol. The Morgan fingerprint density at radius 1 is 1.03 bits per heavy atom. The van der Waals surface area contributed by atoms with Gasteiger partial charge in [-0.15, -0.1) is 0 Å². The monoisotopic (exact) mass is 403 g/mol. The van der Waals surface area contributed by atoms with E-state index in [4.69, 9.17) is 4.74 Å². The third-order valence-corrected chi connectivity index (χ3v) is 5.28. The lowest BCUT2D eigenvalue weighted by Gasteiger charge is -2.14. The predicted molar refractivity (Wildman–Crippen MR) is 114 cm³/mol. The van der Waals surface area contributed by atoms with Gasteiger partial charge in [-0.3, -0.25) is 0 Å². The molecule has 0 bridgehead atoms. The van der Waals surface area contributed by atoms with Gasteiger partial charge in [0.05, 0.1) is 6.61 Å². The van der Waals surface area contributed by atoms with Gasteiger partial charge in [0.15, 0.2) is 0 Å². The van der Waals surface area contributed by atoms with E-state index in [1.807, 2.05) is 24.3 Å². The highest BCUT2D eigenvalue weighted by atomic mass is 19.1. The molecular weight excluding hydrogens is 381 g/mol. The number of amides is 1. The minimum absolute atomic E-state index is 0.0185. The molecule has 0 aliphatic heterocycles. The zero-order valence-electron chi connectivity index (χ0n) is 16.3. The number of alkyl carbamates (subject to hydrolysis) is 1. The molecule has 1 amide bonds. The SMILES string of the molecule is O=C(NCC=Cc1ccc(F)cc1CO)OCC1c2ccccc2-c2ccccc21. The van der Waals surface area contributed by atoms with E-state index in [0.29, 0.717) is 11.1 Å². The Kier molecular flexibility index (Phi) is 5.91. The van der Waals surface area contributed by atoms with Gasteiger partial charge in [0.1, 0.15) is 12.4 Å². The van der Waals surface area contributed by atoms with E-state index >= 15 is 0 Å². The van der Waals surface area contributed by atoms with E-state index in [1.165, 1.54) is 34.4 Å². The van der Waals surface area contributed by atoms with Gasteiger partial charge in [-0.05, 0) is 45.5 Å². The fourth-order valence-electron chi connectivity index (χ4n) is 3.85. The number of benzene rings is 3. The van der Waals surface area contributed by atoms with Gasteiger partial charge < -0.3 is 15.2 Å². The molecule has 0 spiro atoms. The number of aliphatic hydroxyl groups is 1. The van der Waals surface area contributed by atoms with E-state index in [-0.39, 0.29) is 25.7 Å². The van der Waals surface area contributed by atoms with Crippen molar-refractivity contribution in [3.8, 4) is 11.1 Å². The minimum atomic E-state index is -0.497. The number of halogens is 1. The van der Waals surface area contributed by atoms with Crippen LogP contribution in [0.3, 0.4) is 0 Å². The van der Waals surface area contributed by atoms with Crippen LogP contribution in [0.2, 0.25) is 0 Å². The van der Waals surface area contributed by atoms with Crippen LogP contribution in [0.4, 0.5) is 9.18 Å². The number of hydrogen-bond donors (Lipinski definition) is 2. The van der Waals surface area contributed by atoms with Crippen LogP contribution in [-0.2, 0) is 11.3 Å². The van der Waals surface area contributed by atoms with Crippen LogP contribution in [0.15, 0.2) is 72.8 Å². The van der Waals surface area contributed by atoms with Crippen molar-refractivity contribution in [1.29, 1.82) is 0 Å². The van der Waals surface area contributed by atoms with Gasteiger partial charge in [0.2, 0.25) is 0 Å². The lowest BCUT2D eigenvalue weighted by atomic mass is 9.98. The van der Waals surface area contributed by atoms with Crippen molar-refractivity contribution in [2.24, 2.45) is 0 Å². The van der Waals surface area contributed by atoms with Gasteiger partial charge in [-0.2, -0.15) is 0 Å².